The summed E-state index contributed by atoms with van der Waals surface area (Å²) in [5.74, 6) is -0.819. The summed E-state index contributed by atoms with van der Waals surface area (Å²) in [4.78, 5) is 17.7. The molecular formula is C15H16FNO3. The number of hydrogen-bond donors (Lipinski definition) is 0. The highest BCUT2D eigenvalue weighted by atomic mass is 19.1. The van der Waals surface area contributed by atoms with Gasteiger partial charge in [0, 0.05) is 12.0 Å². The van der Waals surface area contributed by atoms with Crippen LogP contribution in [0.4, 0.5) is 4.39 Å². The van der Waals surface area contributed by atoms with Crippen LogP contribution in [0.25, 0.3) is 0 Å². The van der Waals surface area contributed by atoms with Crippen LogP contribution in [0.15, 0.2) is 29.4 Å². The highest BCUT2D eigenvalue weighted by molar-refractivity contribution is 5.95. The maximum Gasteiger partial charge on any atom is 0.354 e. The first-order valence-electron chi connectivity index (χ1n) is 6.77. The summed E-state index contributed by atoms with van der Waals surface area (Å²) in [6, 6.07) is 6.26. The summed E-state index contributed by atoms with van der Waals surface area (Å²) in [6.07, 6.45) is 2.39. The molecule has 20 heavy (non-hydrogen) atoms. The van der Waals surface area contributed by atoms with Gasteiger partial charge in [-0.15, -0.1) is 0 Å². The fourth-order valence-electron chi connectivity index (χ4n) is 3.01. The number of ether oxygens (including phenoxy) is 1. The molecule has 2 unspecified atom stereocenters. The van der Waals surface area contributed by atoms with Crippen molar-refractivity contribution in [1.82, 2.24) is 0 Å². The van der Waals surface area contributed by atoms with E-state index >= 15 is 0 Å². The minimum Gasteiger partial charge on any atom is -0.458 e. The number of rotatable bonds is 3. The molecule has 0 N–H and O–H groups in total. The summed E-state index contributed by atoms with van der Waals surface area (Å²) in [7, 11) is 0. The predicted molar refractivity (Wildman–Crippen MR) is 70.5 cm³/mol. The van der Waals surface area contributed by atoms with Crippen molar-refractivity contribution in [3.63, 3.8) is 0 Å². The van der Waals surface area contributed by atoms with Crippen LogP contribution in [0, 0.1) is 11.7 Å². The van der Waals surface area contributed by atoms with E-state index < -0.39 is 11.6 Å². The van der Waals surface area contributed by atoms with Gasteiger partial charge in [-0.3, -0.25) is 0 Å². The molecule has 0 aromatic heterocycles. The molecule has 0 amide bonds. The van der Waals surface area contributed by atoms with E-state index in [1.54, 1.807) is 18.2 Å². The summed E-state index contributed by atoms with van der Waals surface area (Å²) in [5, 5.41) is 3.93. The minimum absolute atomic E-state index is 0.00406. The van der Waals surface area contributed by atoms with Gasteiger partial charge >= 0.3 is 5.97 Å². The molecule has 1 fully saturated rings. The van der Waals surface area contributed by atoms with Gasteiger partial charge in [-0.2, -0.15) is 0 Å². The van der Waals surface area contributed by atoms with Crippen LogP contribution in [0.1, 0.15) is 31.7 Å². The van der Waals surface area contributed by atoms with Crippen LogP contribution in [-0.4, -0.2) is 17.3 Å². The van der Waals surface area contributed by atoms with Crippen molar-refractivity contribution in [1.29, 1.82) is 0 Å². The molecule has 0 bridgehead atoms. The van der Waals surface area contributed by atoms with Gasteiger partial charge in [0.15, 0.2) is 0 Å². The summed E-state index contributed by atoms with van der Waals surface area (Å²) in [6.45, 7) is 1.78. The monoisotopic (exact) mass is 277 g/mol. The first-order chi connectivity index (χ1) is 9.63. The quantitative estimate of drug-likeness (QED) is 0.798. The molecule has 1 aliphatic heterocycles. The van der Waals surface area contributed by atoms with E-state index in [2.05, 4.69) is 5.16 Å². The number of hydrogen-bond acceptors (Lipinski definition) is 4. The van der Waals surface area contributed by atoms with Crippen molar-refractivity contribution in [2.45, 2.75) is 38.4 Å². The van der Waals surface area contributed by atoms with Crippen LogP contribution < -0.4 is 0 Å². The zero-order valence-corrected chi connectivity index (χ0v) is 11.3. The van der Waals surface area contributed by atoms with Crippen LogP contribution >= 0.6 is 0 Å². The third-order valence-corrected chi connectivity index (χ3v) is 4.12. The van der Waals surface area contributed by atoms with Crippen LogP contribution in [0.3, 0.4) is 0 Å². The number of nitrogens with zero attached hydrogens (tertiary/aromatic N) is 1. The van der Waals surface area contributed by atoms with Gasteiger partial charge in [0.05, 0.1) is 11.6 Å². The Bertz CT molecular complexity index is 572. The second kappa shape index (κ2) is 4.89. The zero-order chi connectivity index (χ0) is 14.2. The van der Waals surface area contributed by atoms with E-state index in [9.17, 15) is 9.18 Å². The molecule has 0 spiro atoms. The third-order valence-electron chi connectivity index (χ3n) is 4.12. The number of carbonyl (C=O) groups excluding carboxylic acids is 1. The van der Waals surface area contributed by atoms with Crippen molar-refractivity contribution < 1.29 is 18.8 Å². The first kappa shape index (κ1) is 13.1. The average molecular weight is 277 g/mol. The second-order valence-corrected chi connectivity index (χ2v) is 5.33. The standard InChI is InChI=1S/C15H16FNO3/c1-10-12-6-4-8-15(12,20-17-10)14(18)19-9-11-5-2-3-7-13(11)16/h2-3,5,7,12H,4,6,8-9H2,1H3. The lowest BCUT2D eigenvalue weighted by Crippen LogP contribution is -2.43. The Morgan fingerprint density at radius 3 is 3.15 bits per heavy atom. The highest BCUT2D eigenvalue weighted by Gasteiger charge is 2.57. The molecule has 0 saturated heterocycles. The Morgan fingerprint density at radius 2 is 2.35 bits per heavy atom. The molecular weight excluding hydrogens is 261 g/mol. The summed E-state index contributed by atoms with van der Waals surface area (Å²) in [5.41, 5.74) is 0.225. The number of halogens is 1. The molecule has 1 aromatic rings. The normalized spacial score (nSPS) is 27.7. The van der Waals surface area contributed by atoms with Gasteiger partial charge < -0.3 is 9.57 Å². The Hall–Kier alpha value is -1.91. The lowest BCUT2D eigenvalue weighted by molar-refractivity contribution is -0.173. The number of benzene rings is 1. The minimum atomic E-state index is -0.977. The van der Waals surface area contributed by atoms with Crippen molar-refractivity contribution in [2.24, 2.45) is 11.1 Å². The average Bonchev–Trinajstić information content (AvgIpc) is 3.00. The van der Waals surface area contributed by atoms with E-state index in [0.29, 0.717) is 12.0 Å². The largest absolute Gasteiger partial charge is 0.458 e. The fourth-order valence-corrected chi connectivity index (χ4v) is 3.01. The Balaban J connectivity index is 1.70. The first-order valence-corrected chi connectivity index (χ1v) is 6.77. The molecule has 0 radical (unpaired) electrons. The molecule has 3 rings (SSSR count). The van der Waals surface area contributed by atoms with Crippen molar-refractivity contribution in [2.75, 3.05) is 0 Å². The lowest BCUT2D eigenvalue weighted by atomic mass is 9.88. The van der Waals surface area contributed by atoms with E-state index in [4.69, 9.17) is 9.57 Å². The van der Waals surface area contributed by atoms with Crippen LogP contribution in [0.5, 0.6) is 0 Å². The van der Waals surface area contributed by atoms with E-state index in [0.717, 1.165) is 18.6 Å². The third kappa shape index (κ3) is 1.97. The molecule has 1 heterocycles. The SMILES string of the molecule is CC1=NOC2(C(=O)OCc3ccccc3F)CCCC12. The second-order valence-electron chi connectivity index (χ2n) is 5.33. The van der Waals surface area contributed by atoms with Gasteiger partial charge in [-0.05, 0) is 25.8 Å². The lowest BCUT2D eigenvalue weighted by Gasteiger charge is -2.24. The Morgan fingerprint density at radius 1 is 1.55 bits per heavy atom. The van der Waals surface area contributed by atoms with Gasteiger partial charge in [-0.25, -0.2) is 9.18 Å². The van der Waals surface area contributed by atoms with Crippen LogP contribution in [0.2, 0.25) is 0 Å². The molecule has 1 aromatic carbocycles. The Labute approximate surface area is 116 Å². The topological polar surface area (TPSA) is 47.9 Å². The van der Waals surface area contributed by atoms with Crippen molar-refractivity contribution >= 4 is 11.7 Å². The smallest absolute Gasteiger partial charge is 0.354 e. The molecule has 5 heteroatoms. The Kier molecular flexibility index (Phi) is 3.20. The van der Waals surface area contributed by atoms with Crippen LogP contribution in [-0.2, 0) is 21.0 Å². The maximum absolute atomic E-state index is 13.5. The zero-order valence-electron chi connectivity index (χ0n) is 11.3. The van der Waals surface area contributed by atoms with Crippen molar-refractivity contribution in [3.8, 4) is 0 Å². The van der Waals surface area contributed by atoms with Gasteiger partial charge in [-0.1, -0.05) is 23.4 Å². The maximum atomic E-state index is 13.5. The van der Waals surface area contributed by atoms with E-state index in [-0.39, 0.29) is 18.3 Å². The van der Waals surface area contributed by atoms with Gasteiger partial charge in [0.25, 0.3) is 0 Å². The molecule has 1 aliphatic carbocycles. The number of oxime groups is 1. The molecule has 2 atom stereocenters. The molecule has 4 nitrogen and oxygen atoms in total. The molecule has 1 saturated carbocycles. The summed E-state index contributed by atoms with van der Waals surface area (Å²) >= 11 is 0. The van der Waals surface area contributed by atoms with Gasteiger partial charge in [0.1, 0.15) is 12.4 Å². The fraction of sp³-hybridized carbons (Fsp3) is 0.467. The molecule has 106 valence electrons. The number of fused-ring (bicyclic) bond motifs is 1. The van der Waals surface area contributed by atoms with Gasteiger partial charge in [0.2, 0.25) is 5.60 Å². The molecule has 2 aliphatic rings. The number of carbonyl (C=O) groups is 1. The van der Waals surface area contributed by atoms with E-state index in [1.807, 2.05) is 6.92 Å². The predicted octanol–water partition coefficient (Wildman–Crippen LogP) is 2.81. The highest BCUT2D eigenvalue weighted by Crippen LogP contribution is 2.44. The summed E-state index contributed by atoms with van der Waals surface area (Å²) < 4.78 is 18.8. The van der Waals surface area contributed by atoms with E-state index in [1.165, 1.54) is 6.07 Å². The number of esters is 1. The van der Waals surface area contributed by atoms with Crippen molar-refractivity contribution in [3.05, 3.63) is 35.6 Å².